The van der Waals surface area contributed by atoms with Crippen LogP contribution in [0.15, 0.2) is 107 Å². The van der Waals surface area contributed by atoms with Gasteiger partial charge < -0.3 is 9.47 Å². The first-order valence-electron chi connectivity index (χ1n) is 16.3. The highest BCUT2D eigenvalue weighted by molar-refractivity contribution is 5.73. The summed E-state index contributed by atoms with van der Waals surface area (Å²) in [7, 11) is 0. The summed E-state index contributed by atoms with van der Waals surface area (Å²) in [6.07, 6.45) is 29.2. The molecule has 2 aromatic carbocycles. The molecule has 0 saturated carbocycles. The van der Waals surface area contributed by atoms with Gasteiger partial charge in [0.2, 0.25) is 0 Å². The molecule has 0 amide bonds. The molecule has 0 bridgehead atoms. The van der Waals surface area contributed by atoms with Gasteiger partial charge in [-0.1, -0.05) is 107 Å². The van der Waals surface area contributed by atoms with E-state index in [4.69, 9.17) is 9.47 Å². The number of aryl methyl sites for hydroxylation is 2. The lowest BCUT2D eigenvalue weighted by atomic mass is 9.96. The predicted octanol–water partition coefficient (Wildman–Crippen LogP) is 11.6. The van der Waals surface area contributed by atoms with Crippen molar-refractivity contribution in [3.8, 4) is 11.5 Å². The Kier molecular flexibility index (Phi) is 15.5. The Morgan fingerprint density at radius 3 is 1.10 bits per heavy atom. The van der Waals surface area contributed by atoms with Gasteiger partial charge in [-0.3, -0.25) is 9.59 Å². The fourth-order valence-corrected chi connectivity index (χ4v) is 4.93. The minimum absolute atomic E-state index is 0.307. The van der Waals surface area contributed by atoms with Gasteiger partial charge in [0.25, 0.3) is 0 Å². The Morgan fingerprint density at radius 1 is 0.458 bits per heavy atom. The van der Waals surface area contributed by atoms with E-state index < -0.39 is 0 Å². The maximum absolute atomic E-state index is 11.4. The molecule has 2 aromatic rings. The lowest BCUT2D eigenvalue weighted by Crippen LogP contribution is -2.05. The molecule has 0 N–H and O–H groups in total. The molecule has 0 aliphatic heterocycles. The van der Waals surface area contributed by atoms with Crippen LogP contribution in [0.3, 0.4) is 0 Å². The second-order valence-corrected chi connectivity index (χ2v) is 12.3. The summed E-state index contributed by atoms with van der Waals surface area (Å²) < 4.78 is 10.7. The number of hydrogen-bond acceptors (Lipinski definition) is 4. The van der Waals surface area contributed by atoms with Crippen molar-refractivity contribution in [3.63, 3.8) is 0 Å². The smallest absolute Gasteiger partial charge is 0.308 e. The molecule has 252 valence electrons. The van der Waals surface area contributed by atoms with Crippen molar-refractivity contribution in [1.29, 1.82) is 0 Å². The minimum atomic E-state index is -0.307. The third-order valence-corrected chi connectivity index (χ3v) is 8.02. The predicted molar refractivity (Wildman–Crippen MR) is 204 cm³/mol. The van der Waals surface area contributed by atoms with Crippen LogP contribution in [0.5, 0.6) is 11.5 Å². The number of allylic oxidation sites excluding steroid dienone is 16. The summed E-state index contributed by atoms with van der Waals surface area (Å²) in [6, 6.07) is 3.85. The van der Waals surface area contributed by atoms with Crippen LogP contribution in [-0.2, 0) is 9.59 Å². The molecule has 0 spiro atoms. The number of esters is 2. The second kappa shape index (κ2) is 19.0. The van der Waals surface area contributed by atoms with E-state index in [-0.39, 0.29) is 11.9 Å². The molecule has 4 nitrogen and oxygen atoms in total. The van der Waals surface area contributed by atoms with Crippen LogP contribution >= 0.6 is 0 Å². The number of rotatable bonds is 12. The third kappa shape index (κ3) is 12.7. The zero-order valence-corrected chi connectivity index (χ0v) is 30.9. The average molecular weight is 645 g/mol. The van der Waals surface area contributed by atoms with E-state index in [1.165, 1.54) is 13.8 Å². The van der Waals surface area contributed by atoms with Crippen molar-refractivity contribution < 1.29 is 19.1 Å². The quantitative estimate of drug-likeness (QED) is 0.131. The van der Waals surface area contributed by atoms with Gasteiger partial charge in [-0.25, -0.2) is 0 Å². The first-order chi connectivity index (χ1) is 22.6. The largest absolute Gasteiger partial charge is 0.426 e. The Balaban J connectivity index is 1.97. The van der Waals surface area contributed by atoms with E-state index in [2.05, 4.69) is 114 Å². The van der Waals surface area contributed by atoms with E-state index in [9.17, 15) is 9.59 Å². The highest BCUT2D eigenvalue weighted by Gasteiger charge is 2.12. The zero-order chi connectivity index (χ0) is 36.0. The van der Waals surface area contributed by atoms with E-state index in [0.717, 1.165) is 66.8 Å². The summed E-state index contributed by atoms with van der Waals surface area (Å²) in [5, 5.41) is 0. The van der Waals surface area contributed by atoms with E-state index in [1.807, 2.05) is 52.0 Å². The average Bonchev–Trinajstić information content (AvgIpc) is 3.00. The minimum Gasteiger partial charge on any atom is -0.426 e. The van der Waals surface area contributed by atoms with Crippen molar-refractivity contribution >= 4 is 24.1 Å². The van der Waals surface area contributed by atoms with Gasteiger partial charge in [-0.05, 0) is 126 Å². The summed E-state index contributed by atoms with van der Waals surface area (Å²) in [4.78, 5) is 22.8. The molecule has 0 aliphatic carbocycles. The van der Waals surface area contributed by atoms with Gasteiger partial charge in [-0.2, -0.15) is 0 Å². The first-order valence-corrected chi connectivity index (χ1v) is 16.3. The van der Waals surface area contributed by atoms with Crippen LogP contribution < -0.4 is 9.47 Å². The third-order valence-electron chi connectivity index (χ3n) is 8.02. The fraction of sp³-hybridized carbons (Fsp3) is 0.273. The van der Waals surface area contributed by atoms with E-state index in [0.29, 0.717) is 11.5 Å². The SMILES string of the molecule is CC(=O)Oc1cc(C)c(C=CC(C)=CC=CC(C)=CC=CC=C(C)C=CC=C(C)C=Cc2c(C)cc(OC(C)=O)c(C)c2C)c(C)c1C. The Bertz CT molecular complexity index is 1660. The lowest BCUT2D eigenvalue weighted by Gasteiger charge is -2.14. The van der Waals surface area contributed by atoms with Gasteiger partial charge in [0.1, 0.15) is 11.5 Å². The van der Waals surface area contributed by atoms with Crippen molar-refractivity contribution in [2.24, 2.45) is 0 Å². The van der Waals surface area contributed by atoms with Crippen LogP contribution in [0.2, 0.25) is 0 Å². The van der Waals surface area contributed by atoms with Crippen LogP contribution in [0.4, 0.5) is 0 Å². The number of benzene rings is 2. The molecule has 0 aromatic heterocycles. The number of hydrogen-bond donors (Lipinski definition) is 0. The number of carbonyl (C=O) groups excluding carboxylic acids is 2. The normalized spacial score (nSPS) is 13.7. The summed E-state index contributed by atoms with van der Waals surface area (Å²) in [5.74, 6) is 0.634. The van der Waals surface area contributed by atoms with E-state index in [1.54, 1.807) is 0 Å². The molecule has 4 heteroatoms. The summed E-state index contributed by atoms with van der Waals surface area (Å²) in [5.41, 5.74) is 13.2. The van der Waals surface area contributed by atoms with Crippen LogP contribution in [0, 0.1) is 41.5 Å². The van der Waals surface area contributed by atoms with E-state index >= 15 is 0 Å². The van der Waals surface area contributed by atoms with Gasteiger partial charge in [0.05, 0.1) is 0 Å². The maximum atomic E-state index is 11.4. The molecule has 48 heavy (non-hydrogen) atoms. The molecular formula is C44H52O4. The van der Waals surface area contributed by atoms with Crippen molar-refractivity contribution in [2.45, 2.75) is 83.1 Å². The fourth-order valence-electron chi connectivity index (χ4n) is 4.93. The van der Waals surface area contributed by atoms with Gasteiger partial charge in [0, 0.05) is 13.8 Å². The molecule has 0 aliphatic rings. The highest BCUT2D eigenvalue weighted by Crippen LogP contribution is 2.30. The topological polar surface area (TPSA) is 52.6 Å². The second-order valence-electron chi connectivity index (χ2n) is 12.3. The van der Waals surface area contributed by atoms with Crippen LogP contribution in [0.25, 0.3) is 12.2 Å². The van der Waals surface area contributed by atoms with Gasteiger partial charge in [0.15, 0.2) is 0 Å². The van der Waals surface area contributed by atoms with Crippen LogP contribution in [0.1, 0.15) is 86.1 Å². The van der Waals surface area contributed by atoms with Gasteiger partial charge in [-0.15, -0.1) is 0 Å². The Labute approximate surface area is 289 Å². The molecule has 0 heterocycles. The van der Waals surface area contributed by atoms with Crippen molar-refractivity contribution in [1.82, 2.24) is 0 Å². The molecule has 0 radical (unpaired) electrons. The Morgan fingerprint density at radius 2 is 0.771 bits per heavy atom. The monoisotopic (exact) mass is 644 g/mol. The lowest BCUT2D eigenvalue weighted by molar-refractivity contribution is -0.132. The molecule has 0 fully saturated rings. The zero-order valence-electron chi connectivity index (χ0n) is 30.9. The van der Waals surface area contributed by atoms with Gasteiger partial charge >= 0.3 is 11.9 Å². The molecule has 0 unspecified atom stereocenters. The van der Waals surface area contributed by atoms with Crippen LogP contribution in [-0.4, -0.2) is 11.9 Å². The maximum Gasteiger partial charge on any atom is 0.308 e. The number of ether oxygens (including phenoxy) is 2. The molecule has 2 rings (SSSR count). The molecule has 0 atom stereocenters. The van der Waals surface area contributed by atoms with Crippen molar-refractivity contribution in [2.75, 3.05) is 0 Å². The summed E-state index contributed by atoms with van der Waals surface area (Å²) >= 11 is 0. The standard InChI is InChI=1S/C44H52O4/c1-29(19-15-21-31(3)23-25-41-33(5)27-43(47-39(11)45)37(9)35(41)7)17-13-14-18-30(2)20-16-22-32(4)24-26-42-34(6)28-44(48-40(12)46)38(10)36(42)8/h13-28H,1-12H3. The van der Waals surface area contributed by atoms with Crippen molar-refractivity contribution in [3.05, 3.63) is 152 Å². The first kappa shape index (κ1) is 39.2. The molecular weight excluding hydrogens is 592 g/mol. The Hall–Kier alpha value is -4.96. The summed E-state index contributed by atoms with van der Waals surface area (Å²) in [6.45, 7) is 23.3. The molecule has 0 saturated heterocycles. The highest BCUT2D eigenvalue weighted by atomic mass is 16.5. The number of carbonyl (C=O) groups is 2.